The maximum Gasteiger partial charge on any atom is 0.313 e. The van der Waals surface area contributed by atoms with Gasteiger partial charge in [-0.3, -0.25) is 14.4 Å². The molecule has 0 spiro atoms. The second-order valence-corrected chi connectivity index (χ2v) is 5.10. The molecule has 0 aromatic heterocycles. The number of aliphatic carboxylic acids is 1. The van der Waals surface area contributed by atoms with Gasteiger partial charge in [0.15, 0.2) is 0 Å². The standard InChI is InChI=1S/C13H16N2O4S/c1-8(13(19)20-7-10(16)17)15-12(18)11(14)9-5-3-2-4-6-9/h2-6,8,11H,7,14H2,1H3,(H,15,18)(H,16,17)/t8-,11?/m0/s1. The number of carbonyl (C=O) groups is 3. The first kappa shape index (κ1) is 16.2. The molecule has 1 unspecified atom stereocenters. The summed E-state index contributed by atoms with van der Waals surface area (Å²) >= 11 is 0.648. The number of nitrogens with one attached hydrogen (secondary N) is 1. The zero-order valence-corrected chi connectivity index (χ0v) is 11.7. The molecule has 0 saturated heterocycles. The van der Waals surface area contributed by atoms with Crippen LogP contribution in [0.5, 0.6) is 0 Å². The Kier molecular flexibility index (Phi) is 6.20. The minimum Gasteiger partial charge on any atom is -0.481 e. The summed E-state index contributed by atoms with van der Waals surface area (Å²) in [6.45, 7) is 1.49. The van der Waals surface area contributed by atoms with Crippen molar-refractivity contribution in [3.8, 4) is 0 Å². The predicted molar refractivity (Wildman–Crippen MR) is 76.1 cm³/mol. The van der Waals surface area contributed by atoms with E-state index in [1.807, 2.05) is 6.07 Å². The Labute approximate surface area is 120 Å². The summed E-state index contributed by atoms with van der Waals surface area (Å²) < 4.78 is 0. The molecular weight excluding hydrogens is 280 g/mol. The van der Waals surface area contributed by atoms with Crippen LogP contribution in [0.4, 0.5) is 0 Å². The molecule has 0 fully saturated rings. The van der Waals surface area contributed by atoms with Gasteiger partial charge in [-0.1, -0.05) is 42.1 Å². The summed E-state index contributed by atoms with van der Waals surface area (Å²) in [4.78, 5) is 33.8. The second kappa shape index (κ2) is 7.66. The quantitative estimate of drug-likeness (QED) is 0.706. The lowest BCUT2D eigenvalue weighted by atomic mass is 10.1. The van der Waals surface area contributed by atoms with Crippen molar-refractivity contribution in [2.45, 2.75) is 19.0 Å². The van der Waals surface area contributed by atoms with Crippen LogP contribution >= 0.6 is 11.8 Å². The molecule has 1 rings (SSSR count). The van der Waals surface area contributed by atoms with Crippen molar-refractivity contribution >= 4 is 28.8 Å². The van der Waals surface area contributed by atoms with Gasteiger partial charge >= 0.3 is 5.97 Å². The molecular formula is C13H16N2O4S. The van der Waals surface area contributed by atoms with E-state index in [1.54, 1.807) is 24.3 Å². The average molecular weight is 296 g/mol. The molecule has 20 heavy (non-hydrogen) atoms. The zero-order valence-electron chi connectivity index (χ0n) is 10.9. The fraction of sp³-hybridized carbons (Fsp3) is 0.308. The molecule has 1 aromatic rings. The number of hydrogen-bond donors (Lipinski definition) is 3. The summed E-state index contributed by atoms with van der Waals surface area (Å²) in [7, 11) is 0. The van der Waals surface area contributed by atoms with Crippen molar-refractivity contribution in [1.82, 2.24) is 5.32 Å². The molecule has 6 nitrogen and oxygen atoms in total. The van der Waals surface area contributed by atoms with Crippen LogP contribution < -0.4 is 11.1 Å². The van der Waals surface area contributed by atoms with Gasteiger partial charge in [0.25, 0.3) is 0 Å². The van der Waals surface area contributed by atoms with Crippen LogP contribution in [0.15, 0.2) is 30.3 Å². The molecule has 0 aliphatic rings. The molecule has 0 saturated carbocycles. The molecule has 0 aliphatic heterocycles. The number of carboxylic acid groups (broad SMARTS) is 1. The van der Waals surface area contributed by atoms with Crippen LogP contribution in [0.2, 0.25) is 0 Å². The fourth-order valence-corrected chi connectivity index (χ4v) is 2.01. The summed E-state index contributed by atoms with van der Waals surface area (Å²) in [6.07, 6.45) is 0. The number of benzene rings is 1. The molecule has 108 valence electrons. The van der Waals surface area contributed by atoms with E-state index in [9.17, 15) is 14.4 Å². The van der Waals surface area contributed by atoms with E-state index in [2.05, 4.69) is 5.32 Å². The highest BCUT2D eigenvalue weighted by atomic mass is 32.2. The molecule has 1 aromatic carbocycles. The topological polar surface area (TPSA) is 109 Å². The highest BCUT2D eigenvalue weighted by molar-refractivity contribution is 8.14. The summed E-state index contributed by atoms with van der Waals surface area (Å²) in [5.74, 6) is -1.89. The van der Waals surface area contributed by atoms with E-state index in [0.29, 0.717) is 17.3 Å². The Balaban J connectivity index is 2.53. The number of nitrogens with two attached hydrogens (primary N) is 1. The van der Waals surface area contributed by atoms with Crippen molar-refractivity contribution in [1.29, 1.82) is 0 Å². The predicted octanol–water partition coefficient (Wildman–Crippen LogP) is 0.535. The summed E-state index contributed by atoms with van der Waals surface area (Å²) in [6, 6.07) is 7.12. The third-order valence-electron chi connectivity index (χ3n) is 2.49. The Hall–Kier alpha value is -1.86. The first-order chi connectivity index (χ1) is 9.41. The van der Waals surface area contributed by atoms with E-state index in [4.69, 9.17) is 10.8 Å². The van der Waals surface area contributed by atoms with Crippen molar-refractivity contribution in [3.05, 3.63) is 35.9 Å². The first-order valence-corrected chi connectivity index (χ1v) is 6.89. The number of carboxylic acids is 1. The van der Waals surface area contributed by atoms with Crippen LogP contribution in [0.25, 0.3) is 0 Å². The monoisotopic (exact) mass is 296 g/mol. The Morgan fingerprint density at radius 1 is 1.30 bits per heavy atom. The summed E-state index contributed by atoms with van der Waals surface area (Å²) in [5, 5.41) is 10.5. The van der Waals surface area contributed by atoms with E-state index < -0.39 is 29.1 Å². The number of rotatable bonds is 6. The Morgan fingerprint density at radius 2 is 1.90 bits per heavy atom. The van der Waals surface area contributed by atoms with E-state index >= 15 is 0 Å². The summed E-state index contributed by atoms with van der Waals surface area (Å²) in [5.41, 5.74) is 6.43. The largest absolute Gasteiger partial charge is 0.481 e. The molecule has 0 aliphatic carbocycles. The van der Waals surface area contributed by atoms with E-state index in [-0.39, 0.29) is 5.75 Å². The first-order valence-electron chi connectivity index (χ1n) is 5.91. The average Bonchev–Trinajstić information content (AvgIpc) is 2.44. The van der Waals surface area contributed by atoms with Crippen LogP contribution in [0.3, 0.4) is 0 Å². The van der Waals surface area contributed by atoms with Gasteiger partial charge < -0.3 is 16.2 Å². The maximum absolute atomic E-state index is 11.9. The van der Waals surface area contributed by atoms with Gasteiger partial charge in [-0.2, -0.15) is 0 Å². The zero-order chi connectivity index (χ0) is 15.1. The molecule has 0 heterocycles. The lowest BCUT2D eigenvalue weighted by Gasteiger charge is -2.16. The smallest absolute Gasteiger partial charge is 0.313 e. The highest BCUT2D eigenvalue weighted by Crippen LogP contribution is 2.11. The molecule has 0 bridgehead atoms. The second-order valence-electron chi connectivity index (χ2n) is 4.12. The fourth-order valence-electron chi connectivity index (χ4n) is 1.43. The van der Waals surface area contributed by atoms with Crippen molar-refractivity contribution < 1.29 is 19.5 Å². The minimum atomic E-state index is -1.08. The molecule has 0 radical (unpaired) electrons. The van der Waals surface area contributed by atoms with Gasteiger partial charge in [-0.25, -0.2) is 0 Å². The van der Waals surface area contributed by atoms with Crippen molar-refractivity contribution in [3.63, 3.8) is 0 Å². The Bertz CT molecular complexity index is 492. The lowest BCUT2D eigenvalue weighted by molar-refractivity contribution is -0.134. The third-order valence-corrected chi connectivity index (χ3v) is 3.52. The van der Waals surface area contributed by atoms with Gasteiger partial charge in [0.1, 0.15) is 6.04 Å². The molecule has 2 atom stereocenters. The number of carbonyl (C=O) groups excluding carboxylic acids is 2. The van der Waals surface area contributed by atoms with Crippen LogP contribution in [0, 0.1) is 0 Å². The maximum atomic E-state index is 11.9. The number of hydrogen-bond acceptors (Lipinski definition) is 5. The van der Waals surface area contributed by atoms with Gasteiger partial charge in [-0.15, -0.1) is 0 Å². The minimum absolute atomic E-state index is 0.330. The van der Waals surface area contributed by atoms with Gasteiger partial charge in [0.05, 0.1) is 11.8 Å². The van der Waals surface area contributed by atoms with Crippen LogP contribution in [-0.4, -0.2) is 33.9 Å². The lowest BCUT2D eigenvalue weighted by Crippen LogP contribution is -2.42. The van der Waals surface area contributed by atoms with E-state index in [0.717, 1.165) is 0 Å². The van der Waals surface area contributed by atoms with Crippen molar-refractivity contribution in [2.75, 3.05) is 5.75 Å². The normalized spacial score (nSPS) is 13.3. The highest BCUT2D eigenvalue weighted by Gasteiger charge is 2.21. The number of amides is 1. The van der Waals surface area contributed by atoms with Crippen LogP contribution in [-0.2, 0) is 14.4 Å². The van der Waals surface area contributed by atoms with Crippen molar-refractivity contribution in [2.24, 2.45) is 5.73 Å². The van der Waals surface area contributed by atoms with Gasteiger partial charge in [0, 0.05) is 0 Å². The third kappa shape index (κ3) is 5.02. The molecule has 7 heteroatoms. The van der Waals surface area contributed by atoms with Crippen LogP contribution in [0.1, 0.15) is 18.5 Å². The van der Waals surface area contributed by atoms with Gasteiger partial charge in [-0.05, 0) is 12.5 Å². The van der Waals surface area contributed by atoms with Gasteiger partial charge in [0.2, 0.25) is 11.0 Å². The number of thioether (sulfide) groups is 1. The molecule has 4 N–H and O–H groups in total. The molecule has 1 amide bonds. The SMILES string of the molecule is C[C@H](NC(=O)C(N)c1ccccc1)C(=O)SCC(=O)O. The Morgan fingerprint density at radius 3 is 2.45 bits per heavy atom. The van der Waals surface area contributed by atoms with E-state index in [1.165, 1.54) is 6.92 Å².